The molecule has 0 radical (unpaired) electrons. The van der Waals surface area contributed by atoms with Gasteiger partial charge in [-0.15, -0.1) is 0 Å². The normalized spacial score (nSPS) is 20.2. The van der Waals surface area contributed by atoms with Crippen LogP contribution >= 0.6 is 0 Å². The molecule has 0 aliphatic heterocycles. The average molecular weight is 441 g/mol. The Hall–Kier alpha value is -2.83. The average Bonchev–Trinajstić information content (AvgIpc) is 3.30. The molecule has 1 aromatic carbocycles. The van der Waals surface area contributed by atoms with Crippen LogP contribution in [-0.2, 0) is 22.7 Å². The second-order valence-electron chi connectivity index (χ2n) is 8.69. The molecule has 1 fully saturated rings. The van der Waals surface area contributed by atoms with Crippen LogP contribution in [0.3, 0.4) is 0 Å². The molecule has 3 rings (SSSR count). The SMILES string of the molecule is CCN(Cc1c(C)nn(CC)c1C)C(=O)[C@@H]1C[C@@H](COc2ccccc2)C[C@H]1NC(C)=O. The number of nitrogens with one attached hydrogen (secondary N) is 1. The lowest BCUT2D eigenvalue weighted by atomic mass is 10.0. The van der Waals surface area contributed by atoms with Crippen LogP contribution in [0.1, 0.15) is 50.6 Å². The fraction of sp³-hybridized carbons (Fsp3) is 0.560. The second-order valence-corrected chi connectivity index (χ2v) is 8.69. The largest absolute Gasteiger partial charge is 0.493 e. The molecule has 32 heavy (non-hydrogen) atoms. The molecule has 7 nitrogen and oxygen atoms in total. The van der Waals surface area contributed by atoms with E-state index in [2.05, 4.69) is 24.3 Å². The van der Waals surface area contributed by atoms with E-state index in [1.165, 1.54) is 6.92 Å². The molecule has 1 N–H and O–H groups in total. The Morgan fingerprint density at radius 2 is 1.91 bits per heavy atom. The van der Waals surface area contributed by atoms with Gasteiger partial charge in [-0.05, 0) is 58.6 Å². The monoisotopic (exact) mass is 440 g/mol. The Kier molecular flexibility index (Phi) is 7.94. The molecule has 1 heterocycles. The lowest BCUT2D eigenvalue weighted by Gasteiger charge is -2.28. The number of carbonyl (C=O) groups excluding carboxylic acids is 2. The minimum absolute atomic E-state index is 0.0940. The number of aromatic nitrogens is 2. The summed E-state index contributed by atoms with van der Waals surface area (Å²) in [6.07, 6.45) is 1.45. The molecule has 2 amide bonds. The van der Waals surface area contributed by atoms with Crippen molar-refractivity contribution in [2.45, 2.75) is 66.6 Å². The summed E-state index contributed by atoms with van der Waals surface area (Å²) in [5.74, 6) is 0.788. The van der Waals surface area contributed by atoms with Crippen molar-refractivity contribution in [3.8, 4) is 5.75 Å². The number of hydrogen-bond acceptors (Lipinski definition) is 4. The van der Waals surface area contributed by atoms with Crippen LogP contribution in [0.15, 0.2) is 30.3 Å². The number of rotatable bonds is 9. The summed E-state index contributed by atoms with van der Waals surface area (Å²) in [7, 11) is 0. The van der Waals surface area contributed by atoms with Crippen LogP contribution in [0, 0.1) is 25.7 Å². The van der Waals surface area contributed by atoms with Crippen LogP contribution in [0.2, 0.25) is 0 Å². The second kappa shape index (κ2) is 10.7. The van der Waals surface area contributed by atoms with Crippen molar-refractivity contribution >= 4 is 11.8 Å². The van der Waals surface area contributed by atoms with E-state index in [1.807, 2.05) is 53.8 Å². The van der Waals surface area contributed by atoms with Gasteiger partial charge in [0.2, 0.25) is 11.8 Å². The van der Waals surface area contributed by atoms with Crippen molar-refractivity contribution in [2.75, 3.05) is 13.2 Å². The topological polar surface area (TPSA) is 76.5 Å². The summed E-state index contributed by atoms with van der Waals surface area (Å²) in [4.78, 5) is 27.3. The number of ether oxygens (including phenoxy) is 1. The van der Waals surface area contributed by atoms with Crippen LogP contribution in [-0.4, -0.2) is 45.7 Å². The van der Waals surface area contributed by atoms with Crippen LogP contribution in [0.4, 0.5) is 0 Å². The van der Waals surface area contributed by atoms with E-state index in [4.69, 9.17) is 4.74 Å². The first-order valence-corrected chi connectivity index (χ1v) is 11.6. The van der Waals surface area contributed by atoms with Crippen molar-refractivity contribution < 1.29 is 14.3 Å². The number of benzene rings is 1. The van der Waals surface area contributed by atoms with E-state index in [1.54, 1.807) is 0 Å². The molecule has 0 unspecified atom stereocenters. The van der Waals surface area contributed by atoms with Gasteiger partial charge in [-0.2, -0.15) is 5.10 Å². The molecule has 0 spiro atoms. The standard InChI is InChI=1S/C25H36N4O3/c1-6-28(15-23-17(3)27-29(7-2)18(23)4)25(31)22-13-20(14-24(22)26-19(5)30)16-32-21-11-9-8-10-12-21/h8-12,20,22,24H,6-7,13-16H2,1-5H3,(H,26,30)/t20-,22-,24-/m1/s1. The fourth-order valence-corrected chi connectivity index (χ4v) is 4.75. The van der Waals surface area contributed by atoms with E-state index in [0.717, 1.165) is 35.7 Å². The predicted octanol–water partition coefficient (Wildman–Crippen LogP) is 3.48. The molecule has 0 bridgehead atoms. The highest BCUT2D eigenvalue weighted by Gasteiger charge is 2.41. The van der Waals surface area contributed by atoms with Crippen molar-refractivity contribution in [3.05, 3.63) is 47.3 Å². The lowest BCUT2D eigenvalue weighted by molar-refractivity contribution is -0.136. The maximum Gasteiger partial charge on any atom is 0.228 e. The molecular formula is C25H36N4O3. The Morgan fingerprint density at radius 3 is 2.50 bits per heavy atom. The highest BCUT2D eigenvalue weighted by molar-refractivity contribution is 5.81. The third-order valence-electron chi connectivity index (χ3n) is 6.47. The van der Waals surface area contributed by atoms with E-state index in [0.29, 0.717) is 26.1 Å². The lowest BCUT2D eigenvalue weighted by Crippen LogP contribution is -2.44. The zero-order valence-electron chi connectivity index (χ0n) is 19.9. The first-order valence-electron chi connectivity index (χ1n) is 11.6. The molecule has 7 heteroatoms. The summed E-state index contributed by atoms with van der Waals surface area (Å²) in [6.45, 7) is 12.2. The van der Waals surface area contributed by atoms with Crippen LogP contribution in [0.5, 0.6) is 5.75 Å². The maximum absolute atomic E-state index is 13.6. The molecule has 1 aliphatic rings. The van der Waals surface area contributed by atoms with Crippen LogP contribution in [0.25, 0.3) is 0 Å². The first-order chi connectivity index (χ1) is 15.3. The Bertz CT molecular complexity index is 925. The number of hydrogen-bond donors (Lipinski definition) is 1. The number of para-hydroxylation sites is 1. The molecule has 1 saturated carbocycles. The molecule has 3 atom stereocenters. The molecule has 1 aliphatic carbocycles. The smallest absolute Gasteiger partial charge is 0.228 e. The Morgan fingerprint density at radius 1 is 1.19 bits per heavy atom. The van der Waals surface area contributed by atoms with Gasteiger partial charge in [0.05, 0.1) is 18.2 Å². The van der Waals surface area contributed by atoms with Gasteiger partial charge in [0, 0.05) is 43.9 Å². The highest BCUT2D eigenvalue weighted by Crippen LogP contribution is 2.34. The summed E-state index contributed by atoms with van der Waals surface area (Å²) in [5.41, 5.74) is 3.19. The predicted molar refractivity (Wildman–Crippen MR) is 124 cm³/mol. The van der Waals surface area contributed by atoms with E-state index in [9.17, 15) is 9.59 Å². The molecule has 1 aromatic heterocycles. The van der Waals surface area contributed by atoms with Gasteiger partial charge in [-0.3, -0.25) is 14.3 Å². The summed E-state index contributed by atoms with van der Waals surface area (Å²) in [6, 6.07) is 9.54. The summed E-state index contributed by atoms with van der Waals surface area (Å²) < 4.78 is 7.93. The molecule has 0 saturated heterocycles. The quantitative estimate of drug-likeness (QED) is 0.648. The van der Waals surface area contributed by atoms with E-state index >= 15 is 0 Å². The van der Waals surface area contributed by atoms with Crippen molar-refractivity contribution in [1.82, 2.24) is 20.0 Å². The van der Waals surface area contributed by atoms with Gasteiger partial charge in [0.25, 0.3) is 0 Å². The van der Waals surface area contributed by atoms with Crippen molar-refractivity contribution in [1.29, 1.82) is 0 Å². The Labute approximate surface area is 191 Å². The Balaban J connectivity index is 1.72. The number of carbonyl (C=O) groups is 2. The van der Waals surface area contributed by atoms with Crippen molar-refractivity contribution in [2.24, 2.45) is 11.8 Å². The maximum atomic E-state index is 13.6. The molecule has 2 aromatic rings. The first kappa shape index (κ1) is 23.8. The number of nitrogens with zero attached hydrogens (tertiary/aromatic N) is 3. The molecular weight excluding hydrogens is 404 g/mol. The van der Waals surface area contributed by atoms with Gasteiger partial charge in [-0.1, -0.05) is 18.2 Å². The fourth-order valence-electron chi connectivity index (χ4n) is 4.75. The minimum atomic E-state index is -0.245. The zero-order valence-corrected chi connectivity index (χ0v) is 19.9. The molecule has 174 valence electrons. The van der Waals surface area contributed by atoms with Crippen LogP contribution < -0.4 is 10.1 Å². The third kappa shape index (κ3) is 5.50. The van der Waals surface area contributed by atoms with E-state index < -0.39 is 0 Å². The minimum Gasteiger partial charge on any atom is -0.493 e. The van der Waals surface area contributed by atoms with Gasteiger partial charge >= 0.3 is 0 Å². The van der Waals surface area contributed by atoms with Gasteiger partial charge in [0.1, 0.15) is 5.75 Å². The van der Waals surface area contributed by atoms with Gasteiger partial charge in [0.15, 0.2) is 0 Å². The number of amides is 2. The van der Waals surface area contributed by atoms with Crippen molar-refractivity contribution in [3.63, 3.8) is 0 Å². The van der Waals surface area contributed by atoms with E-state index in [-0.39, 0.29) is 29.7 Å². The number of aryl methyl sites for hydroxylation is 2. The summed E-state index contributed by atoms with van der Waals surface area (Å²) >= 11 is 0. The van der Waals surface area contributed by atoms with Gasteiger partial charge in [-0.25, -0.2) is 0 Å². The third-order valence-corrected chi connectivity index (χ3v) is 6.47. The zero-order chi connectivity index (χ0) is 23.3. The highest BCUT2D eigenvalue weighted by atomic mass is 16.5. The summed E-state index contributed by atoms with van der Waals surface area (Å²) in [5, 5.41) is 7.62. The van der Waals surface area contributed by atoms with Gasteiger partial charge < -0.3 is 15.0 Å².